The van der Waals surface area contributed by atoms with Gasteiger partial charge >= 0.3 is 0 Å². The maximum atomic E-state index is 14.0. The van der Waals surface area contributed by atoms with Crippen LogP contribution in [0, 0.1) is 11.8 Å². The first-order valence-corrected chi connectivity index (χ1v) is 15.2. The minimum Gasteiger partial charge on any atom is -0.494 e. The van der Waals surface area contributed by atoms with E-state index in [0.29, 0.717) is 64.4 Å². The molecule has 1 aromatic rings. The summed E-state index contributed by atoms with van der Waals surface area (Å²) in [5.41, 5.74) is -0.379. The number of carbonyl (C=O) groups is 3. The zero-order valence-electron chi connectivity index (χ0n) is 24.0. The molecular weight excluding hydrogens is 528 g/mol. The SMILES string of the molecule is CCOc1ccc(NC(=O)[C@@H]2[C@@H]3CCC4(O3)C(C(=O)NCCN3CCOCC3)N(CCCCCCO)C(=O)[C@H]24)cc1. The Kier molecular flexibility index (Phi) is 9.79. The van der Waals surface area contributed by atoms with E-state index in [1.807, 2.05) is 6.92 Å². The Morgan fingerprint density at radius 2 is 1.83 bits per heavy atom. The fraction of sp³-hybridized carbons (Fsp3) is 0.700. The summed E-state index contributed by atoms with van der Waals surface area (Å²) < 4.78 is 17.4. The van der Waals surface area contributed by atoms with Crippen LogP contribution in [0.15, 0.2) is 24.3 Å². The predicted molar refractivity (Wildman–Crippen MR) is 151 cm³/mol. The molecule has 226 valence electrons. The van der Waals surface area contributed by atoms with Crippen molar-refractivity contribution in [1.29, 1.82) is 0 Å². The van der Waals surface area contributed by atoms with Gasteiger partial charge in [-0.15, -0.1) is 0 Å². The van der Waals surface area contributed by atoms with Crippen molar-refractivity contribution in [3.05, 3.63) is 24.3 Å². The summed E-state index contributed by atoms with van der Waals surface area (Å²) >= 11 is 0. The Balaban J connectivity index is 1.30. The maximum absolute atomic E-state index is 14.0. The van der Waals surface area contributed by atoms with Gasteiger partial charge in [-0.1, -0.05) is 12.8 Å². The van der Waals surface area contributed by atoms with E-state index < -0.39 is 29.6 Å². The molecule has 1 spiro atoms. The van der Waals surface area contributed by atoms with Gasteiger partial charge in [-0.25, -0.2) is 0 Å². The van der Waals surface area contributed by atoms with E-state index in [9.17, 15) is 14.4 Å². The van der Waals surface area contributed by atoms with Gasteiger partial charge in [-0.2, -0.15) is 0 Å². The number of benzene rings is 1. The first-order chi connectivity index (χ1) is 20.0. The number of ether oxygens (including phenoxy) is 3. The second-order valence-electron chi connectivity index (χ2n) is 11.4. The summed E-state index contributed by atoms with van der Waals surface area (Å²) in [4.78, 5) is 45.4. The summed E-state index contributed by atoms with van der Waals surface area (Å²) in [6.07, 6.45) is 3.94. The number of nitrogens with zero attached hydrogens (tertiary/aromatic N) is 2. The molecule has 2 unspecified atom stereocenters. The Morgan fingerprint density at radius 1 is 1.07 bits per heavy atom. The molecule has 5 atom stereocenters. The van der Waals surface area contributed by atoms with Crippen molar-refractivity contribution >= 4 is 23.4 Å². The molecule has 0 aliphatic carbocycles. The average molecular weight is 573 g/mol. The largest absolute Gasteiger partial charge is 0.494 e. The van der Waals surface area contributed by atoms with Crippen LogP contribution < -0.4 is 15.4 Å². The number of carbonyl (C=O) groups excluding carboxylic acids is 3. The van der Waals surface area contributed by atoms with Crippen molar-refractivity contribution in [1.82, 2.24) is 15.1 Å². The Morgan fingerprint density at radius 3 is 2.56 bits per heavy atom. The topological polar surface area (TPSA) is 130 Å². The van der Waals surface area contributed by atoms with Crippen LogP contribution in [0.3, 0.4) is 0 Å². The first kappa shape index (κ1) is 29.8. The predicted octanol–water partition coefficient (Wildman–Crippen LogP) is 1.40. The molecule has 0 aromatic heterocycles. The van der Waals surface area contributed by atoms with Gasteiger partial charge in [0.05, 0.1) is 37.8 Å². The number of amides is 3. The van der Waals surface area contributed by atoms with E-state index in [2.05, 4.69) is 15.5 Å². The fourth-order valence-electron chi connectivity index (χ4n) is 7.03. The van der Waals surface area contributed by atoms with Crippen molar-refractivity contribution < 1.29 is 33.7 Å². The third kappa shape index (κ3) is 6.23. The lowest BCUT2D eigenvalue weighted by Crippen LogP contribution is -2.56. The number of nitrogens with one attached hydrogen (secondary N) is 2. The number of hydrogen-bond acceptors (Lipinski definition) is 8. The van der Waals surface area contributed by atoms with E-state index >= 15 is 0 Å². The molecule has 1 aromatic carbocycles. The van der Waals surface area contributed by atoms with E-state index in [4.69, 9.17) is 19.3 Å². The standard InChI is InChI=1S/C30H44N4O7/c1-2-40-22-9-7-21(8-10-22)32-27(36)24-23-11-12-30(41-23)25(24)29(38)34(14-5-3-4-6-18-35)26(30)28(37)31-13-15-33-16-19-39-20-17-33/h7-10,23-26,35H,2-6,11-20H2,1H3,(H,31,37)(H,32,36)/t23-,24+,25-,26?,30?/m0/s1. The molecule has 4 fully saturated rings. The number of likely N-dealkylation sites (tertiary alicyclic amines) is 1. The van der Waals surface area contributed by atoms with Crippen molar-refractivity contribution in [2.75, 3.05) is 64.5 Å². The number of unbranched alkanes of at least 4 members (excludes halogenated alkanes) is 3. The van der Waals surface area contributed by atoms with E-state index in [1.54, 1.807) is 29.2 Å². The number of fused-ring (bicyclic) bond motifs is 1. The lowest BCUT2D eigenvalue weighted by molar-refractivity contribution is -0.141. The lowest BCUT2D eigenvalue weighted by atomic mass is 9.70. The zero-order chi connectivity index (χ0) is 28.8. The molecule has 4 aliphatic heterocycles. The number of anilines is 1. The van der Waals surface area contributed by atoms with Crippen molar-refractivity contribution in [2.24, 2.45) is 11.8 Å². The molecule has 0 saturated carbocycles. The average Bonchev–Trinajstić information content (AvgIpc) is 3.62. The Bertz CT molecular complexity index is 1060. The zero-order valence-corrected chi connectivity index (χ0v) is 24.0. The molecule has 4 aliphatic rings. The molecule has 5 rings (SSSR count). The highest BCUT2D eigenvalue weighted by atomic mass is 16.5. The van der Waals surface area contributed by atoms with E-state index in [-0.39, 0.29) is 24.3 Å². The van der Waals surface area contributed by atoms with Gasteiger partial charge in [0.1, 0.15) is 17.4 Å². The van der Waals surface area contributed by atoms with Crippen LogP contribution in [0.25, 0.3) is 0 Å². The molecule has 3 N–H and O–H groups in total. The molecule has 11 heteroatoms. The molecular formula is C30H44N4O7. The van der Waals surface area contributed by atoms with Crippen LogP contribution in [0.4, 0.5) is 5.69 Å². The molecule has 4 saturated heterocycles. The molecule has 4 heterocycles. The highest BCUT2D eigenvalue weighted by Crippen LogP contribution is 2.58. The van der Waals surface area contributed by atoms with Gasteiger partial charge in [0.25, 0.3) is 0 Å². The van der Waals surface area contributed by atoms with Crippen LogP contribution in [-0.4, -0.2) is 110 Å². The molecule has 11 nitrogen and oxygen atoms in total. The Labute approximate surface area is 241 Å². The normalized spacial score (nSPS) is 29.0. The molecule has 3 amide bonds. The maximum Gasteiger partial charge on any atom is 0.245 e. The van der Waals surface area contributed by atoms with Crippen LogP contribution >= 0.6 is 0 Å². The van der Waals surface area contributed by atoms with Crippen molar-refractivity contribution in [3.8, 4) is 5.75 Å². The summed E-state index contributed by atoms with van der Waals surface area (Å²) in [5, 5.41) is 15.2. The number of rotatable bonds is 14. The third-order valence-corrected chi connectivity index (χ3v) is 8.92. The summed E-state index contributed by atoms with van der Waals surface area (Å²) in [6.45, 7) is 7.26. The number of aliphatic hydroxyl groups excluding tert-OH is 1. The van der Waals surface area contributed by atoms with E-state index in [1.165, 1.54) is 0 Å². The second kappa shape index (κ2) is 13.5. The lowest BCUT2D eigenvalue weighted by Gasteiger charge is -2.34. The quantitative estimate of drug-likeness (QED) is 0.286. The van der Waals surface area contributed by atoms with Gasteiger partial charge in [0, 0.05) is 45.0 Å². The summed E-state index contributed by atoms with van der Waals surface area (Å²) in [6, 6.07) is 6.40. The number of hydrogen-bond donors (Lipinski definition) is 3. The highest BCUT2D eigenvalue weighted by molar-refractivity contribution is 6.02. The molecule has 2 bridgehead atoms. The molecule has 0 radical (unpaired) electrons. The summed E-state index contributed by atoms with van der Waals surface area (Å²) in [5.74, 6) is -1.28. The summed E-state index contributed by atoms with van der Waals surface area (Å²) in [7, 11) is 0. The number of morpholine rings is 1. The van der Waals surface area contributed by atoms with Crippen molar-refractivity contribution in [3.63, 3.8) is 0 Å². The van der Waals surface area contributed by atoms with Crippen LogP contribution in [0.1, 0.15) is 45.4 Å². The Hall–Kier alpha value is -2.73. The van der Waals surface area contributed by atoms with Crippen LogP contribution in [0.2, 0.25) is 0 Å². The van der Waals surface area contributed by atoms with E-state index in [0.717, 1.165) is 38.1 Å². The minimum atomic E-state index is -1.00. The van der Waals surface area contributed by atoms with Gasteiger partial charge in [-0.3, -0.25) is 19.3 Å². The van der Waals surface area contributed by atoms with Crippen LogP contribution in [-0.2, 0) is 23.9 Å². The van der Waals surface area contributed by atoms with Crippen molar-refractivity contribution in [2.45, 2.75) is 63.2 Å². The fourth-order valence-corrected chi connectivity index (χ4v) is 7.03. The van der Waals surface area contributed by atoms with Gasteiger partial charge in [0.2, 0.25) is 17.7 Å². The van der Waals surface area contributed by atoms with Gasteiger partial charge in [0.15, 0.2) is 0 Å². The molecule has 41 heavy (non-hydrogen) atoms. The monoisotopic (exact) mass is 572 g/mol. The third-order valence-electron chi connectivity index (χ3n) is 8.92. The first-order valence-electron chi connectivity index (χ1n) is 15.2. The smallest absolute Gasteiger partial charge is 0.245 e. The minimum absolute atomic E-state index is 0.141. The number of aliphatic hydroxyl groups is 1. The second-order valence-corrected chi connectivity index (χ2v) is 11.4. The van der Waals surface area contributed by atoms with Gasteiger partial charge < -0.3 is 34.9 Å². The van der Waals surface area contributed by atoms with Gasteiger partial charge in [-0.05, 0) is 56.9 Å². The highest BCUT2D eigenvalue weighted by Gasteiger charge is 2.74. The van der Waals surface area contributed by atoms with Crippen LogP contribution in [0.5, 0.6) is 5.75 Å².